The monoisotopic (exact) mass is 320 g/mol. The van der Waals surface area contributed by atoms with Gasteiger partial charge in [0.15, 0.2) is 0 Å². The first-order valence-corrected chi connectivity index (χ1v) is 9.60. The van der Waals surface area contributed by atoms with E-state index in [4.69, 9.17) is 0 Å². The fourth-order valence-electron chi connectivity index (χ4n) is 4.23. The van der Waals surface area contributed by atoms with Gasteiger partial charge < -0.3 is 10.2 Å². The van der Waals surface area contributed by atoms with Crippen molar-refractivity contribution < 1.29 is 4.79 Å². The van der Waals surface area contributed by atoms with Crippen LogP contribution in [0.3, 0.4) is 0 Å². The molecule has 122 valence electrons. The number of carbonyl (C=O) groups excluding carboxylic acids is 1. The Morgan fingerprint density at radius 2 is 1.95 bits per heavy atom. The molecule has 1 aromatic heterocycles. The SMILES string of the molecule is CC1CC(C)CN(C(=O)NC(c2cccs2)C2CCCC2)C1. The Labute approximate surface area is 138 Å². The van der Waals surface area contributed by atoms with Gasteiger partial charge in [-0.1, -0.05) is 32.8 Å². The van der Waals surface area contributed by atoms with Gasteiger partial charge in [-0.15, -0.1) is 11.3 Å². The van der Waals surface area contributed by atoms with E-state index in [1.165, 1.54) is 37.0 Å². The molecule has 1 aliphatic carbocycles. The molecule has 0 bridgehead atoms. The van der Waals surface area contributed by atoms with Crippen LogP contribution >= 0.6 is 11.3 Å². The molecule has 1 N–H and O–H groups in total. The number of nitrogens with zero attached hydrogens (tertiary/aromatic N) is 1. The highest BCUT2D eigenvalue weighted by Crippen LogP contribution is 2.37. The van der Waals surface area contributed by atoms with Crippen LogP contribution in [0.15, 0.2) is 17.5 Å². The van der Waals surface area contributed by atoms with Gasteiger partial charge in [-0.3, -0.25) is 0 Å². The minimum atomic E-state index is 0.142. The summed E-state index contributed by atoms with van der Waals surface area (Å²) in [7, 11) is 0. The molecule has 3 nitrogen and oxygen atoms in total. The van der Waals surface area contributed by atoms with Crippen molar-refractivity contribution >= 4 is 17.4 Å². The molecule has 0 spiro atoms. The summed E-state index contributed by atoms with van der Waals surface area (Å²) in [6.07, 6.45) is 6.34. The molecule has 22 heavy (non-hydrogen) atoms. The average molecular weight is 321 g/mol. The standard InChI is InChI=1S/C18H28N2OS/c1-13-10-14(2)12-20(11-13)18(21)19-17(15-6-3-4-7-15)16-8-5-9-22-16/h5,8-9,13-15,17H,3-4,6-7,10-12H2,1-2H3,(H,19,21). The zero-order chi connectivity index (χ0) is 15.5. The second-order valence-electron chi connectivity index (χ2n) is 7.34. The Morgan fingerprint density at radius 3 is 2.55 bits per heavy atom. The zero-order valence-electron chi connectivity index (χ0n) is 13.8. The third-order valence-corrected chi connectivity index (χ3v) is 6.11. The second kappa shape index (κ2) is 7.03. The Morgan fingerprint density at radius 1 is 1.27 bits per heavy atom. The molecule has 2 amide bonds. The highest BCUT2D eigenvalue weighted by molar-refractivity contribution is 7.10. The number of urea groups is 1. The van der Waals surface area contributed by atoms with Crippen LogP contribution in [0.5, 0.6) is 0 Å². The fraction of sp³-hybridized carbons (Fsp3) is 0.722. The fourth-order valence-corrected chi connectivity index (χ4v) is 5.10. The van der Waals surface area contributed by atoms with Crippen molar-refractivity contribution in [3.63, 3.8) is 0 Å². The van der Waals surface area contributed by atoms with Gasteiger partial charge >= 0.3 is 6.03 Å². The Kier molecular flexibility index (Phi) is 5.07. The number of rotatable bonds is 3. The van der Waals surface area contributed by atoms with Crippen molar-refractivity contribution in [2.45, 2.75) is 52.0 Å². The van der Waals surface area contributed by atoms with Gasteiger partial charge in [0.2, 0.25) is 0 Å². The van der Waals surface area contributed by atoms with Crippen LogP contribution in [0.4, 0.5) is 4.79 Å². The molecule has 2 aliphatic rings. The number of likely N-dealkylation sites (tertiary alicyclic amines) is 1. The van der Waals surface area contributed by atoms with Crippen molar-refractivity contribution in [1.82, 2.24) is 10.2 Å². The first kappa shape index (κ1) is 15.9. The van der Waals surface area contributed by atoms with E-state index in [0.717, 1.165) is 13.1 Å². The second-order valence-corrected chi connectivity index (χ2v) is 8.32. The van der Waals surface area contributed by atoms with Gasteiger partial charge in [-0.05, 0) is 48.5 Å². The van der Waals surface area contributed by atoms with E-state index in [1.807, 2.05) is 4.90 Å². The first-order chi connectivity index (χ1) is 10.6. The summed E-state index contributed by atoms with van der Waals surface area (Å²) in [6.45, 7) is 6.31. The quantitative estimate of drug-likeness (QED) is 0.862. The number of nitrogens with one attached hydrogen (secondary N) is 1. The molecule has 2 fully saturated rings. The summed E-state index contributed by atoms with van der Waals surface area (Å²) < 4.78 is 0. The first-order valence-electron chi connectivity index (χ1n) is 8.72. The Hall–Kier alpha value is -1.03. The van der Waals surface area contributed by atoms with Crippen LogP contribution in [-0.2, 0) is 0 Å². The number of piperidine rings is 1. The Bertz CT molecular complexity index is 471. The van der Waals surface area contributed by atoms with E-state index in [-0.39, 0.29) is 12.1 Å². The molecule has 4 heteroatoms. The van der Waals surface area contributed by atoms with Crippen molar-refractivity contribution in [2.75, 3.05) is 13.1 Å². The van der Waals surface area contributed by atoms with Crippen molar-refractivity contribution in [3.05, 3.63) is 22.4 Å². The molecule has 1 aliphatic heterocycles. The lowest BCUT2D eigenvalue weighted by atomic mass is 9.92. The summed E-state index contributed by atoms with van der Waals surface area (Å²) in [5, 5.41) is 5.49. The molecular formula is C18H28N2OS. The van der Waals surface area contributed by atoms with Crippen LogP contribution in [0.2, 0.25) is 0 Å². The minimum Gasteiger partial charge on any atom is -0.330 e. The minimum absolute atomic E-state index is 0.142. The van der Waals surface area contributed by atoms with E-state index in [1.54, 1.807) is 11.3 Å². The highest BCUT2D eigenvalue weighted by atomic mass is 32.1. The smallest absolute Gasteiger partial charge is 0.317 e. The van der Waals surface area contributed by atoms with E-state index >= 15 is 0 Å². The van der Waals surface area contributed by atoms with Crippen molar-refractivity contribution in [2.24, 2.45) is 17.8 Å². The molecule has 1 saturated carbocycles. The summed E-state index contributed by atoms with van der Waals surface area (Å²) >= 11 is 1.77. The van der Waals surface area contributed by atoms with E-state index < -0.39 is 0 Å². The predicted molar refractivity (Wildman–Crippen MR) is 92.1 cm³/mol. The molecule has 0 radical (unpaired) electrons. The van der Waals surface area contributed by atoms with Crippen LogP contribution < -0.4 is 5.32 Å². The number of thiophene rings is 1. The lowest BCUT2D eigenvalue weighted by Crippen LogP contribution is -2.49. The van der Waals surface area contributed by atoms with Crippen LogP contribution in [0, 0.1) is 17.8 Å². The molecule has 3 rings (SSSR count). The highest BCUT2D eigenvalue weighted by Gasteiger charge is 2.31. The van der Waals surface area contributed by atoms with Crippen LogP contribution in [0.25, 0.3) is 0 Å². The van der Waals surface area contributed by atoms with Gasteiger partial charge in [0, 0.05) is 18.0 Å². The lowest BCUT2D eigenvalue weighted by Gasteiger charge is -2.36. The molecule has 1 saturated heterocycles. The number of hydrogen-bond acceptors (Lipinski definition) is 2. The number of hydrogen-bond donors (Lipinski definition) is 1. The van der Waals surface area contributed by atoms with Crippen molar-refractivity contribution in [1.29, 1.82) is 0 Å². The normalized spacial score (nSPS) is 27.8. The number of carbonyl (C=O) groups is 1. The largest absolute Gasteiger partial charge is 0.330 e. The molecule has 3 unspecified atom stereocenters. The summed E-state index contributed by atoms with van der Waals surface area (Å²) in [5.74, 6) is 1.84. The Balaban J connectivity index is 1.68. The van der Waals surface area contributed by atoms with Crippen LogP contribution in [-0.4, -0.2) is 24.0 Å². The predicted octanol–water partition coefficient (Wildman–Crippen LogP) is 4.67. The van der Waals surface area contributed by atoms with Gasteiger partial charge in [0.1, 0.15) is 0 Å². The molecule has 1 aromatic rings. The summed E-state index contributed by atoms with van der Waals surface area (Å²) in [6, 6.07) is 4.63. The van der Waals surface area contributed by atoms with Crippen LogP contribution in [0.1, 0.15) is 56.9 Å². The number of amides is 2. The third kappa shape index (κ3) is 3.65. The molecule has 3 atom stereocenters. The van der Waals surface area contributed by atoms with E-state index in [9.17, 15) is 4.79 Å². The third-order valence-electron chi connectivity index (χ3n) is 5.16. The van der Waals surface area contributed by atoms with Gasteiger partial charge in [-0.2, -0.15) is 0 Å². The molecular weight excluding hydrogens is 292 g/mol. The zero-order valence-corrected chi connectivity index (χ0v) is 14.6. The van der Waals surface area contributed by atoms with Gasteiger partial charge in [0.25, 0.3) is 0 Å². The summed E-state index contributed by atoms with van der Waals surface area (Å²) in [5.41, 5.74) is 0. The topological polar surface area (TPSA) is 32.3 Å². The molecule has 0 aromatic carbocycles. The summed E-state index contributed by atoms with van der Waals surface area (Å²) in [4.78, 5) is 16.1. The maximum Gasteiger partial charge on any atom is 0.317 e. The average Bonchev–Trinajstić information content (AvgIpc) is 3.17. The van der Waals surface area contributed by atoms with Crippen molar-refractivity contribution in [3.8, 4) is 0 Å². The lowest BCUT2D eigenvalue weighted by molar-refractivity contribution is 0.140. The van der Waals surface area contributed by atoms with E-state index in [0.29, 0.717) is 17.8 Å². The van der Waals surface area contributed by atoms with Gasteiger partial charge in [-0.25, -0.2) is 4.79 Å². The van der Waals surface area contributed by atoms with E-state index in [2.05, 4.69) is 36.7 Å². The maximum atomic E-state index is 12.8. The van der Waals surface area contributed by atoms with Gasteiger partial charge in [0.05, 0.1) is 6.04 Å². The molecule has 2 heterocycles. The maximum absolute atomic E-state index is 12.8.